The van der Waals surface area contributed by atoms with Gasteiger partial charge in [0.15, 0.2) is 0 Å². The molecule has 0 atom stereocenters. The van der Waals surface area contributed by atoms with Gasteiger partial charge in [-0.25, -0.2) is 0 Å². The maximum atomic E-state index is 9.28. The maximum Gasteiger partial charge on any atom is 0.0992 e. The molecule has 0 saturated heterocycles. The minimum Gasteiger partial charge on any atom is -0.367 e. The van der Waals surface area contributed by atoms with Gasteiger partial charge < -0.3 is 9.80 Å². The Bertz CT molecular complexity index is 784. The van der Waals surface area contributed by atoms with Gasteiger partial charge in [-0.2, -0.15) is 5.26 Å². The molecule has 0 heterocycles. The largest absolute Gasteiger partial charge is 0.367 e. The number of nitriles is 1. The summed E-state index contributed by atoms with van der Waals surface area (Å²) >= 11 is 0. The van der Waals surface area contributed by atoms with E-state index in [9.17, 15) is 5.26 Å². The Morgan fingerprint density at radius 1 is 1.00 bits per heavy atom. The van der Waals surface area contributed by atoms with Crippen molar-refractivity contribution in [3.05, 3.63) is 53.6 Å². The van der Waals surface area contributed by atoms with Gasteiger partial charge in [-0.1, -0.05) is 37.5 Å². The van der Waals surface area contributed by atoms with Gasteiger partial charge in [0.2, 0.25) is 0 Å². The molecule has 3 nitrogen and oxygen atoms in total. The van der Waals surface area contributed by atoms with Crippen LogP contribution in [0.3, 0.4) is 0 Å². The van der Waals surface area contributed by atoms with Crippen LogP contribution in [-0.4, -0.2) is 19.6 Å². The first-order chi connectivity index (χ1) is 12.7. The molecule has 1 saturated carbocycles. The van der Waals surface area contributed by atoms with E-state index in [1.165, 1.54) is 49.0 Å². The van der Waals surface area contributed by atoms with E-state index >= 15 is 0 Å². The Morgan fingerprint density at radius 2 is 1.69 bits per heavy atom. The van der Waals surface area contributed by atoms with E-state index < -0.39 is 0 Å². The summed E-state index contributed by atoms with van der Waals surface area (Å²) in [5, 5.41) is 9.28. The molecule has 136 valence electrons. The predicted molar refractivity (Wildman–Crippen MR) is 110 cm³/mol. The second-order valence-electron chi connectivity index (χ2n) is 7.24. The highest BCUT2D eigenvalue weighted by atomic mass is 15.2. The van der Waals surface area contributed by atoms with Gasteiger partial charge in [-0.3, -0.25) is 0 Å². The predicted octanol–water partition coefficient (Wildman–Crippen LogP) is 5.79. The van der Waals surface area contributed by atoms with E-state index in [1.807, 2.05) is 18.2 Å². The van der Waals surface area contributed by atoms with Crippen molar-refractivity contribution in [1.82, 2.24) is 0 Å². The average Bonchev–Trinajstić information content (AvgIpc) is 2.70. The van der Waals surface area contributed by atoms with Crippen LogP contribution in [0, 0.1) is 18.3 Å². The third-order valence-electron chi connectivity index (χ3n) is 5.61. The van der Waals surface area contributed by atoms with E-state index in [0.717, 1.165) is 12.2 Å². The molecule has 1 aliphatic rings. The number of anilines is 3. The summed E-state index contributed by atoms with van der Waals surface area (Å²) in [4.78, 5) is 4.81. The summed E-state index contributed by atoms with van der Waals surface area (Å²) in [6, 6.07) is 17.5. The molecule has 0 amide bonds. The fourth-order valence-corrected chi connectivity index (χ4v) is 4.18. The number of hydrogen-bond acceptors (Lipinski definition) is 3. The Balaban J connectivity index is 1.99. The lowest BCUT2D eigenvalue weighted by molar-refractivity contribution is 0.418. The van der Waals surface area contributed by atoms with Crippen molar-refractivity contribution in [2.75, 3.05) is 23.4 Å². The molecule has 1 fully saturated rings. The van der Waals surface area contributed by atoms with Crippen LogP contribution in [0.4, 0.5) is 17.1 Å². The summed E-state index contributed by atoms with van der Waals surface area (Å²) in [5.74, 6) is 0. The Kier molecular flexibility index (Phi) is 5.83. The second kappa shape index (κ2) is 8.27. The molecule has 0 unspecified atom stereocenters. The molecule has 2 aromatic carbocycles. The fourth-order valence-electron chi connectivity index (χ4n) is 4.18. The number of rotatable bonds is 5. The summed E-state index contributed by atoms with van der Waals surface area (Å²) in [7, 11) is 2.11. The molecule has 2 aromatic rings. The van der Waals surface area contributed by atoms with Crippen LogP contribution in [0.5, 0.6) is 0 Å². The SMILES string of the molecule is CCN(c1ccccc1N(C)c1cc(C#N)ccc1C)C1CCCCC1. The number of aryl methyl sites for hydroxylation is 1. The van der Waals surface area contributed by atoms with Crippen molar-refractivity contribution in [2.45, 2.75) is 52.0 Å². The topological polar surface area (TPSA) is 30.3 Å². The van der Waals surface area contributed by atoms with Gasteiger partial charge in [0, 0.05) is 25.3 Å². The molecule has 0 radical (unpaired) electrons. The number of hydrogen-bond donors (Lipinski definition) is 0. The first-order valence-corrected chi connectivity index (χ1v) is 9.76. The fraction of sp³-hybridized carbons (Fsp3) is 0.435. The highest BCUT2D eigenvalue weighted by Crippen LogP contribution is 2.37. The molecule has 3 heteroatoms. The van der Waals surface area contributed by atoms with Crippen LogP contribution in [0.25, 0.3) is 0 Å². The molecule has 26 heavy (non-hydrogen) atoms. The first kappa shape index (κ1) is 18.3. The molecule has 0 N–H and O–H groups in total. The smallest absolute Gasteiger partial charge is 0.0992 e. The molecule has 0 spiro atoms. The van der Waals surface area contributed by atoms with Crippen molar-refractivity contribution >= 4 is 17.1 Å². The van der Waals surface area contributed by atoms with Crippen LogP contribution >= 0.6 is 0 Å². The maximum absolute atomic E-state index is 9.28. The molecule has 3 rings (SSSR count). The molecular weight excluding hydrogens is 318 g/mol. The van der Waals surface area contributed by atoms with Crippen molar-refractivity contribution < 1.29 is 0 Å². The van der Waals surface area contributed by atoms with Gasteiger partial charge in [0.1, 0.15) is 0 Å². The van der Waals surface area contributed by atoms with Crippen molar-refractivity contribution in [3.8, 4) is 6.07 Å². The second-order valence-corrected chi connectivity index (χ2v) is 7.24. The summed E-state index contributed by atoms with van der Waals surface area (Å²) in [6.07, 6.45) is 6.62. The van der Waals surface area contributed by atoms with Crippen LogP contribution < -0.4 is 9.80 Å². The third kappa shape index (κ3) is 3.70. The van der Waals surface area contributed by atoms with E-state index in [4.69, 9.17) is 0 Å². The molecular formula is C23H29N3. The molecule has 0 aromatic heterocycles. The number of nitrogens with zero attached hydrogens (tertiary/aromatic N) is 3. The van der Waals surface area contributed by atoms with Crippen molar-refractivity contribution in [2.24, 2.45) is 0 Å². The zero-order valence-corrected chi connectivity index (χ0v) is 16.2. The van der Waals surface area contributed by atoms with Gasteiger partial charge in [0.25, 0.3) is 0 Å². The minimum absolute atomic E-state index is 0.634. The summed E-state index contributed by atoms with van der Waals surface area (Å²) in [5.41, 5.74) is 5.48. The third-order valence-corrected chi connectivity index (χ3v) is 5.61. The molecule has 1 aliphatic carbocycles. The summed E-state index contributed by atoms with van der Waals surface area (Å²) < 4.78 is 0. The zero-order valence-electron chi connectivity index (χ0n) is 16.2. The van der Waals surface area contributed by atoms with Gasteiger partial charge in [-0.15, -0.1) is 0 Å². The monoisotopic (exact) mass is 347 g/mol. The number of benzene rings is 2. The van der Waals surface area contributed by atoms with Crippen LogP contribution in [0.1, 0.15) is 50.2 Å². The van der Waals surface area contributed by atoms with Crippen molar-refractivity contribution in [3.63, 3.8) is 0 Å². The molecule has 0 aliphatic heterocycles. The van der Waals surface area contributed by atoms with Crippen LogP contribution in [0.2, 0.25) is 0 Å². The Hall–Kier alpha value is -2.47. The van der Waals surface area contributed by atoms with E-state index in [0.29, 0.717) is 11.6 Å². The van der Waals surface area contributed by atoms with Gasteiger partial charge >= 0.3 is 0 Å². The lowest BCUT2D eigenvalue weighted by atomic mass is 9.93. The summed E-state index contributed by atoms with van der Waals surface area (Å²) in [6.45, 7) is 5.38. The lowest BCUT2D eigenvalue weighted by Crippen LogP contribution is -2.37. The highest BCUT2D eigenvalue weighted by molar-refractivity contribution is 5.78. The lowest BCUT2D eigenvalue weighted by Gasteiger charge is -2.38. The standard InChI is InChI=1S/C23H29N3/c1-4-26(20-10-6-5-7-11-20)22-13-9-8-12-21(22)25(3)23-16-19(17-24)15-14-18(23)2/h8-9,12-16,20H,4-7,10-11H2,1-3H3. The minimum atomic E-state index is 0.634. The normalized spacial score (nSPS) is 14.7. The van der Waals surface area contributed by atoms with E-state index in [1.54, 1.807) is 0 Å². The van der Waals surface area contributed by atoms with Crippen LogP contribution in [0.15, 0.2) is 42.5 Å². The quantitative estimate of drug-likeness (QED) is 0.685. The van der Waals surface area contributed by atoms with E-state index in [-0.39, 0.29) is 0 Å². The van der Waals surface area contributed by atoms with E-state index in [2.05, 4.69) is 61.0 Å². The van der Waals surface area contributed by atoms with Gasteiger partial charge in [-0.05, 0) is 56.5 Å². The van der Waals surface area contributed by atoms with Crippen LogP contribution in [-0.2, 0) is 0 Å². The van der Waals surface area contributed by atoms with Gasteiger partial charge in [0.05, 0.1) is 23.0 Å². The molecule has 0 bridgehead atoms. The first-order valence-electron chi connectivity index (χ1n) is 9.76. The Labute approximate surface area is 157 Å². The number of para-hydroxylation sites is 2. The Morgan fingerprint density at radius 3 is 2.35 bits per heavy atom. The highest BCUT2D eigenvalue weighted by Gasteiger charge is 2.23. The van der Waals surface area contributed by atoms with Crippen molar-refractivity contribution in [1.29, 1.82) is 5.26 Å². The zero-order chi connectivity index (χ0) is 18.5. The average molecular weight is 348 g/mol.